The minimum Gasteiger partial charge on any atom is -0.333 e. The van der Waals surface area contributed by atoms with Crippen LogP contribution in [0.25, 0.3) is 66.1 Å². The van der Waals surface area contributed by atoms with Crippen LogP contribution >= 0.6 is 0 Å². The quantitative estimate of drug-likeness (QED) is 0.148. The number of benzene rings is 8. The third-order valence-corrected chi connectivity index (χ3v) is 14.1. The fourth-order valence-electron chi connectivity index (χ4n) is 10.9. The molecular formula is C62H56N2. The first-order valence-electron chi connectivity index (χ1n) is 23.5. The second kappa shape index (κ2) is 16.7. The molecule has 11 rings (SSSR count). The molecule has 2 nitrogen and oxygen atoms in total. The Labute approximate surface area is 378 Å². The summed E-state index contributed by atoms with van der Waals surface area (Å²) in [7, 11) is 0. The lowest BCUT2D eigenvalue weighted by atomic mass is 9.79. The zero-order valence-corrected chi connectivity index (χ0v) is 37.3. The van der Waals surface area contributed by atoms with Crippen molar-refractivity contribution in [3.05, 3.63) is 217 Å². The van der Waals surface area contributed by atoms with E-state index in [-0.39, 0.29) is 11.5 Å². The van der Waals surface area contributed by atoms with E-state index in [1.807, 2.05) is 0 Å². The van der Waals surface area contributed by atoms with E-state index in [4.69, 9.17) is 0 Å². The predicted octanol–water partition coefficient (Wildman–Crippen LogP) is 17.2. The maximum absolute atomic E-state index is 2.69. The molecule has 0 saturated heterocycles. The Kier molecular flexibility index (Phi) is 10.4. The lowest BCUT2D eigenvalue weighted by molar-refractivity contribution is 0.445. The molecule has 0 bridgehead atoms. The van der Waals surface area contributed by atoms with Gasteiger partial charge in [-0.15, -0.1) is 0 Å². The number of anilines is 2. The third-order valence-electron chi connectivity index (χ3n) is 14.1. The van der Waals surface area contributed by atoms with E-state index in [9.17, 15) is 0 Å². The van der Waals surface area contributed by atoms with Crippen LogP contribution in [0.3, 0.4) is 0 Å². The molecule has 0 radical (unpaired) electrons. The van der Waals surface area contributed by atoms with E-state index < -0.39 is 0 Å². The van der Waals surface area contributed by atoms with E-state index in [1.165, 1.54) is 126 Å². The first-order valence-corrected chi connectivity index (χ1v) is 23.5. The molecule has 9 aromatic rings. The van der Waals surface area contributed by atoms with Crippen LogP contribution < -0.4 is 4.90 Å². The van der Waals surface area contributed by atoms with Crippen molar-refractivity contribution >= 4 is 49.5 Å². The normalized spacial score (nSPS) is 15.8. The Morgan fingerprint density at radius 3 is 2.06 bits per heavy atom. The third kappa shape index (κ3) is 7.25. The first-order chi connectivity index (χ1) is 31.4. The van der Waals surface area contributed by atoms with Gasteiger partial charge in [-0.3, -0.25) is 0 Å². The van der Waals surface area contributed by atoms with Crippen molar-refractivity contribution in [2.24, 2.45) is 0 Å². The summed E-state index contributed by atoms with van der Waals surface area (Å²) in [4.78, 5) is 2.69. The van der Waals surface area contributed by atoms with Crippen LogP contribution in [0, 0.1) is 0 Å². The maximum Gasteiger partial charge on any atom is 0.0632 e. The highest BCUT2D eigenvalue weighted by Gasteiger charge is 2.31. The summed E-state index contributed by atoms with van der Waals surface area (Å²) in [5.41, 5.74) is 16.5. The number of fused-ring (bicyclic) bond motifs is 4. The van der Waals surface area contributed by atoms with Crippen LogP contribution in [0.4, 0.5) is 11.4 Å². The van der Waals surface area contributed by atoms with Gasteiger partial charge in [0.15, 0.2) is 0 Å². The average Bonchev–Trinajstić information content (AvgIpc) is 3.68. The molecule has 2 aliphatic rings. The van der Waals surface area contributed by atoms with Crippen LogP contribution in [0.5, 0.6) is 0 Å². The van der Waals surface area contributed by atoms with Gasteiger partial charge in [0.1, 0.15) is 0 Å². The van der Waals surface area contributed by atoms with E-state index in [2.05, 4.69) is 230 Å². The fraction of sp³-hybridized carbons (Fsp3) is 0.194. The van der Waals surface area contributed by atoms with Gasteiger partial charge in [0.2, 0.25) is 0 Å². The molecule has 2 heteroatoms. The molecule has 64 heavy (non-hydrogen) atoms. The lowest BCUT2D eigenvalue weighted by Gasteiger charge is -2.39. The lowest BCUT2D eigenvalue weighted by Crippen LogP contribution is -2.34. The number of allylic oxidation sites excluding steroid dienone is 2. The molecule has 1 unspecified atom stereocenters. The number of nitrogens with zero attached hydrogens (tertiary/aromatic N) is 2. The minimum absolute atomic E-state index is 0.0364. The van der Waals surface area contributed by atoms with Gasteiger partial charge in [-0.2, -0.15) is 0 Å². The fourth-order valence-corrected chi connectivity index (χ4v) is 10.9. The largest absolute Gasteiger partial charge is 0.333 e. The van der Waals surface area contributed by atoms with E-state index >= 15 is 0 Å². The van der Waals surface area contributed by atoms with E-state index in [0.717, 1.165) is 6.42 Å². The average molecular weight is 829 g/mol. The number of hydrogen-bond acceptors (Lipinski definition) is 1. The highest BCUT2D eigenvalue weighted by atomic mass is 15.2. The summed E-state index contributed by atoms with van der Waals surface area (Å²) in [6, 6.07) is 68.3. The SMILES string of the molecule is CC(C)(C)c1ccc(-c2ccccc2)c(N(c2cccc(-c3ccc4c(c3)c3ccccc3n4-c3ccccc3)c2)C2CC=CC=C2c2cccc3cccc(C4CCCCC4)c23)c1. The number of aromatic nitrogens is 1. The Morgan fingerprint density at radius 2 is 1.25 bits per heavy atom. The van der Waals surface area contributed by atoms with Gasteiger partial charge in [0.25, 0.3) is 0 Å². The molecule has 0 aliphatic heterocycles. The summed E-state index contributed by atoms with van der Waals surface area (Å²) in [5.74, 6) is 0.594. The van der Waals surface area contributed by atoms with Crippen molar-refractivity contribution in [2.75, 3.05) is 4.90 Å². The predicted molar refractivity (Wildman–Crippen MR) is 274 cm³/mol. The Balaban J connectivity index is 1.12. The van der Waals surface area contributed by atoms with Crippen LogP contribution in [-0.2, 0) is 5.41 Å². The van der Waals surface area contributed by atoms with E-state index in [0.29, 0.717) is 5.92 Å². The van der Waals surface area contributed by atoms with Crippen LogP contribution in [0.2, 0.25) is 0 Å². The molecule has 1 saturated carbocycles. The number of hydrogen-bond donors (Lipinski definition) is 0. The van der Waals surface area contributed by atoms with Gasteiger partial charge in [-0.25, -0.2) is 0 Å². The molecule has 0 spiro atoms. The van der Waals surface area contributed by atoms with Crippen molar-refractivity contribution in [2.45, 2.75) is 76.7 Å². The van der Waals surface area contributed by atoms with Crippen molar-refractivity contribution in [1.82, 2.24) is 4.57 Å². The van der Waals surface area contributed by atoms with Gasteiger partial charge in [-0.1, -0.05) is 192 Å². The molecule has 8 aromatic carbocycles. The Morgan fingerprint density at radius 1 is 0.547 bits per heavy atom. The highest BCUT2D eigenvalue weighted by Crippen LogP contribution is 2.47. The second-order valence-electron chi connectivity index (χ2n) is 19.1. The Bertz CT molecular complexity index is 3200. The smallest absolute Gasteiger partial charge is 0.0632 e. The standard InChI is InChI=1S/C62H56N2/c1-62(2,3)48-37-38-51(43-20-7-4-8-21-43)60(42-48)64(57-34-15-13-30-53(57)55-33-19-25-45-24-18-32-52(61(45)55)44-22-9-5-10-23-44)50-29-17-26-46(40-50)47-36-39-59-56(41-47)54-31-14-16-35-58(54)63(59)49-27-11-6-12-28-49/h4,6-8,11-21,24-33,35-42,44,57H,5,9-10,22-23,34H2,1-3H3. The first kappa shape index (κ1) is 39.9. The Hall–Kier alpha value is -6.90. The summed E-state index contributed by atoms with van der Waals surface area (Å²) < 4.78 is 2.40. The van der Waals surface area contributed by atoms with Gasteiger partial charge < -0.3 is 9.47 Å². The number of rotatable bonds is 8. The summed E-state index contributed by atoms with van der Waals surface area (Å²) in [5, 5.41) is 5.30. The zero-order chi connectivity index (χ0) is 43.2. The molecular weight excluding hydrogens is 773 g/mol. The van der Waals surface area contributed by atoms with Crippen LogP contribution in [0.1, 0.15) is 81.9 Å². The van der Waals surface area contributed by atoms with Crippen molar-refractivity contribution in [3.63, 3.8) is 0 Å². The molecule has 314 valence electrons. The summed E-state index contributed by atoms with van der Waals surface area (Å²) in [6.07, 6.45) is 14.5. The van der Waals surface area contributed by atoms with Crippen LogP contribution in [0.15, 0.2) is 200 Å². The van der Waals surface area contributed by atoms with Crippen molar-refractivity contribution in [3.8, 4) is 27.9 Å². The highest BCUT2D eigenvalue weighted by molar-refractivity contribution is 6.10. The summed E-state index contributed by atoms with van der Waals surface area (Å²) >= 11 is 0. The van der Waals surface area contributed by atoms with Gasteiger partial charge in [-0.05, 0) is 129 Å². The topological polar surface area (TPSA) is 8.17 Å². The van der Waals surface area contributed by atoms with Gasteiger partial charge >= 0.3 is 0 Å². The molecule has 0 amide bonds. The van der Waals surface area contributed by atoms with Crippen molar-refractivity contribution in [1.29, 1.82) is 0 Å². The molecule has 1 atom stereocenters. The number of para-hydroxylation sites is 2. The van der Waals surface area contributed by atoms with Gasteiger partial charge in [0, 0.05) is 33.4 Å². The van der Waals surface area contributed by atoms with Crippen LogP contribution in [-0.4, -0.2) is 10.6 Å². The zero-order valence-electron chi connectivity index (χ0n) is 37.3. The molecule has 1 aromatic heterocycles. The molecule has 0 N–H and O–H groups in total. The second-order valence-corrected chi connectivity index (χ2v) is 19.1. The molecule has 1 heterocycles. The maximum atomic E-state index is 2.69. The van der Waals surface area contributed by atoms with Gasteiger partial charge in [0.05, 0.1) is 17.1 Å². The molecule has 2 aliphatic carbocycles. The van der Waals surface area contributed by atoms with Crippen molar-refractivity contribution < 1.29 is 0 Å². The minimum atomic E-state index is -0.0402. The summed E-state index contributed by atoms with van der Waals surface area (Å²) in [6.45, 7) is 7.01. The monoisotopic (exact) mass is 828 g/mol. The molecule has 1 fully saturated rings. The van der Waals surface area contributed by atoms with E-state index in [1.54, 1.807) is 0 Å².